The van der Waals surface area contributed by atoms with Crippen molar-refractivity contribution in [1.82, 2.24) is 14.7 Å². The van der Waals surface area contributed by atoms with Crippen LogP contribution in [0.15, 0.2) is 59.9 Å². The molecule has 2 heterocycles. The molecule has 1 aliphatic carbocycles. The Kier molecular flexibility index (Phi) is 5.34. The molecule has 2 aromatic heterocycles. The van der Waals surface area contributed by atoms with E-state index in [1.807, 2.05) is 65.4 Å². The minimum Gasteiger partial charge on any atom is -0.451 e. The maximum absolute atomic E-state index is 12.5. The van der Waals surface area contributed by atoms with E-state index in [0.717, 1.165) is 18.4 Å². The van der Waals surface area contributed by atoms with E-state index in [9.17, 15) is 9.59 Å². The molecule has 0 bridgehead atoms. The number of ether oxygens (including phenoxy) is 1. The Balaban J connectivity index is 1.41. The third-order valence-corrected chi connectivity index (χ3v) is 5.45. The van der Waals surface area contributed by atoms with Gasteiger partial charge < -0.3 is 10.1 Å². The summed E-state index contributed by atoms with van der Waals surface area (Å²) in [5.74, 6) is -0.451. The zero-order valence-corrected chi connectivity index (χ0v) is 16.3. The number of rotatable bonds is 7. The molecule has 6 nitrogen and oxygen atoms in total. The van der Waals surface area contributed by atoms with Crippen LogP contribution in [0.3, 0.4) is 0 Å². The Bertz CT molecular complexity index is 999. The number of nitrogens with zero attached hydrogens (tertiary/aromatic N) is 2. The van der Waals surface area contributed by atoms with Gasteiger partial charge in [-0.3, -0.25) is 9.20 Å². The molecule has 0 saturated heterocycles. The number of esters is 1. The SMILES string of the molecule is CSc1nc(C(=O)OCC(=O)NC(c2ccccc2)C2CC2)c2ccccn12. The summed E-state index contributed by atoms with van der Waals surface area (Å²) in [5, 5.41) is 3.71. The van der Waals surface area contributed by atoms with Crippen LogP contribution in [0.2, 0.25) is 0 Å². The van der Waals surface area contributed by atoms with Crippen LogP contribution in [0, 0.1) is 5.92 Å². The van der Waals surface area contributed by atoms with Crippen LogP contribution in [0.5, 0.6) is 0 Å². The lowest BCUT2D eigenvalue weighted by Crippen LogP contribution is -2.33. The molecule has 4 rings (SSSR count). The van der Waals surface area contributed by atoms with Crippen LogP contribution in [0.25, 0.3) is 5.52 Å². The summed E-state index contributed by atoms with van der Waals surface area (Å²) < 4.78 is 7.09. The zero-order chi connectivity index (χ0) is 19.5. The molecule has 1 saturated carbocycles. The summed E-state index contributed by atoms with van der Waals surface area (Å²) in [5.41, 5.74) is 1.96. The molecule has 1 aliphatic rings. The summed E-state index contributed by atoms with van der Waals surface area (Å²) in [7, 11) is 0. The molecule has 144 valence electrons. The van der Waals surface area contributed by atoms with Gasteiger partial charge in [0.25, 0.3) is 5.91 Å². The third kappa shape index (κ3) is 3.89. The summed E-state index contributed by atoms with van der Waals surface area (Å²) in [4.78, 5) is 29.3. The molecule has 7 heteroatoms. The van der Waals surface area contributed by atoms with Gasteiger partial charge in [-0.2, -0.15) is 0 Å². The molecule has 1 atom stereocenters. The standard InChI is InChI=1S/C21H21N3O3S/c1-28-21-23-19(16-9-5-6-12-24(16)21)20(26)27-13-17(25)22-18(15-10-11-15)14-7-3-2-4-8-14/h2-9,12,15,18H,10-11,13H2,1H3,(H,22,25). The first-order valence-electron chi connectivity index (χ1n) is 9.20. The number of amides is 1. The summed E-state index contributed by atoms with van der Waals surface area (Å²) in [6, 6.07) is 15.4. The maximum atomic E-state index is 12.5. The van der Waals surface area contributed by atoms with Crippen LogP contribution >= 0.6 is 11.8 Å². The molecule has 1 fully saturated rings. The molecule has 1 unspecified atom stereocenters. The summed E-state index contributed by atoms with van der Waals surface area (Å²) in [6.07, 6.45) is 5.93. The number of thioether (sulfide) groups is 1. The van der Waals surface area contributed by atoms with Crippen molar-refractivity contribution in [3.8, 4) is 0 Å². The molecular formula is C21H21N3O3S. The molecule has 1 amide bonds. The van der Waals surface area contributed by atoms with Crippen molar-refractivity contribution in [3.05, 3.63) is 66.0 Å². The highest BCUT2D eigenvalue weighted by Crippen LogP contribution is 2.40. The fourth-order valence-electron chi connectivity index (χ4n) is 3.28. The minimum absolute atomic E-state index is 0.0380. The number of carbonyl (C=O) groups is 2. The lowest BCUT2D eigenvalue weighted by Gasteiger charge is -2.18. The van der Waals surface area contributed by atoms with Crippen molar-refractivity contribution < 1.29 is 14.3 Å². The quantitative estimate of drug-likeness (QED) is 0.490. The van der Waals surface area contributed by atoms with Crippen molar-refractivity contribution in [2.45, 2.75) is 24.0 Å². The van der Waals surface area contributed by atoms with Gasteiger partial charge in [0, 0.05) is 6.20 Å². The van der Waals surface area contributed by atoms with Gasteiger partial charge in [0.05, 0.1) is 11.6 Å². The predicted molar refractivity (Wildman–Crippen MR) is 107 cm³/mol. The molecule has 1 aromatic carbocycles. The Morgan fingerprint density at radius 2 is 1.96 bits per heavy atom. The van der Waals surface area contributed by atoms with Crippen molar-refractivity contribution >= 4 is 29.2 Å². The second kappa shape index (κ2) is 8.06. The monoisotopic (exact) mass is 395 g/mol. The Hall–Kier alpha value is -2.80. The van der Waals surface area contributed by atoms with Crippen LogP contribution in [-0.2, 0) is 9.53 Å². The molecular weight excluding hydrogens is 374 g/mol. The number of carbonyl (C=O) groups excluding carboxylic acids is 2. The highest BCUT2D eigenvalue weighted by Gasteiger charge is 2.33. The smallest absolute Gasteiger partial charge is 0.359 e. The van der Waals surface area contributed by atoms with E-state index in [2.05, 4.69) is 10.3 Å². The van der Waals surface area contributed by atoms with E-state index in [0.29, 0.717) is 16.6 Å². The van der Waals surface area contributed by atoms with Crippen LogP contribution < -0.4 is 5.32 Å². The molecule has 28 heavy (non-hydrogen) atoms. The number of hydrogen-bond donors (Lipinski definition) is 1. The van der Waals surface area contributed by atoms with Crippen molar-refractivity contribution in [2.24, 2.45) is 5.92 Å². The summed E-state index contributed by atoms with van der Waals surface area (Å²) in [6.45, 7) is -0.324. The van der Waals surface area contributed by atoms with Crippen LogP contribution in [0.4, 0.5) is 0 Å². The van der Waals surface area contributed by atoms with Crippen molar-refractivity contribution in [3.63, 3.8) is 0 Å². The summed E-state index contributed by atoms with van der Waals surface area (Å²) >= 11 is 1.44. The van der Waals surface area contributed by atoms with Gasteiger partial charge in [0.15, 0.2) is 17.5 Å². The van der Waals surface area contributed by atoms with Gasteiger partial charge >= 0.3 is 5.97 Å². The Labute approximate surface area is 167 Å². The highest BCUT2D eigenvalue weighted by atomic mass is 32.2. The predicted octanol–water partition coefficient (Wildman–Crippen LogP) is 3.48. The van der Waals surface area contributed by atoms with Crippen LogP contribution in [0.1, 0.15) is 34.9 Å². The number of imidazole rings is 1. The minimum atomic E-state index is -0.596. The fraction of sp³-hybridized carbons (Fsp3) is 0.286. The van der Waals surface area contributed by atoms with Gasteiger partial charge in [-0.05, 0) is 42.7 Å². The van der Waals surface area contributed by atoms with Gasteiger partial charge in [-0.1, -0.05) is 48.2 Å². The normalized spacial score (nSPS) is 14.6. The lowest BCUT2D eigenvalue weighted by atomic mass is 10.0. The van der Waals surface area contributed by atoms with Gasteiger partial charge in [0.1, 0.15) is 0 Å². The molecule has 0 aliphatic heterocycles. The van der Waals surface area contributed by atoms with Gasteiger partial charge in [-0.25, -0.2) is 9.78 Å². The number of benzene rings is 1. The van der Waals surface area contributed by atoms with E-state index in [-0.39, 0.29) is 24.2 Å². The molecule has 1 N–H and O–H groups in total. The number of pyridine rings is 1. The second-order valence-corrected chi connectivity index (χ2v) is 7.55. The largest absolute Gasteiger partial charge is 0.451 e. The number of aromatic nitrogens is 2. The average Bonchev–Trinajstić information content (AvgIpc) is 3.51. The zero-order valence-electron chi connectivity index (χ0n) is 15.5. The number of nitrogens with one attached hydrogen (secondary N) is 1. The fourth-order valence-corrected chi connectivity index (χ4v) is 3.82. The lowest BCUT2D eigenvalue weighted by molar-refractivity contribution is -0.125. The topological polar surface area (TPSA) is 72.7 Å². The number of fused-ring (bicyclic) bond motifs is 1. The number of hydrogen-bond acceptors (Lipinski definition) is 5. The first-order chi connectivity index (χ1) is 13.7. The van der Waals surface area contributed by atoms with E-state index < -0.39 is 5.97 Å². The van der Waals surface area contributed by atoms with Gasteiger partial charge in [-0.15, -0.1) is 0 Å². The van der Waals surface area contributed by atoms with E-state index >= 15 is 0 Å². The Morgan fingerprint density at radius 3 is 2.68 bits per heavy atom. The first kappa shape index (κ1) is 18.6. The first-order valence-corrected chi connectivity index (χ1v) is 10.4. The Morgan fingerprint density at radius 1 is 1.21 bits per heavy atom. The van der Waals surface area contributed by atoms with E-state index in [4.69, 9.17) is 4.74 Å². The van der Waals surface area contributed by atoms with E-state index in [1.165, 1.54) is 11.8 Å². The van der Waals surface area contributed by atoms with Crippen molar-refractivity contribution in [1.29, 1.82) is 0 Å². The highest BCUT2D eigenvalue weighted by molar-refractivity contribution is 7.98. The third-order valence-electron chi connectivity index (χ3n) is 4.79. The molecule has 0 radical (unpaired) electrons. The van der Waals surface area contributed by atoms with Crippen molar-refractivity contribution in [2.75, 3.05) is 12.9 Å². The van der Waals surface area contributed by atoms with Gasteiger partial charge in [0.2, 0.25) is 0 Å². The molecule has 3 aromatic rings. The van der Waals surface area contributed by atoms with Crippen LogP contribution in [-0.4, -0.2) is 34.1 Å². The second-order valence-electron chi connectivity index (χ2n) is 6.77. The average molecular weight is 395 g/mol. The maximum Gasteiger partial charge on any atom is 0.359 e. The van der Waals surface area contributed by atoms with E-state index in [1.54, 1.807) is 0 Å². The molecule has 0 spiro atoms.